The predicted molar refractivity (Wildman–Crippen MR) is 98.5 cm³/mol. The van der Waals surface area contributed by atoms with Gasteiger partial charge in [-0.05, 0) is 44.7 Å². The van der Waals surface area contributed by atoms with Gasteiger partial charge in [-0.2, -0.15) is 0 Å². The Bertz CT molecular complexity index is 855. The lowest BCUT2D eigenvalue weighted by Crippen LogP contribution is -2.50. The topological polar surface area (TPSA) is 90.9 Å². The third-order valence-corrected chi connectivity index (χ3v) is 7.08. The van der Waals surface area contributed by atoms with Gasteiger partial charge in [0.25, 0.3) is 10.0 Å². The number of carbonyl (C=O) groups excluding carboxylic acids is 1. The molecule has 1 aromatic carbocycles. The van der Waals surface area contributed by atoms with Gasteiger partial charge in [-0.3, -0.25) is 14.5 Å². The van der Waals surface area contributed by atoms with Crippen LogP contribution in [0.15, 0.2) is 34.2 Å². The third kappa shape index (κ3) is 3.01. The van der Waals surface area contributed by atoms with E-state index in [0.29, 0.717) is 17.6 Å². The number of hydrogen-bond donors (Lipinski definition) is 2. The van der Waals surface area contributed by atoms with E-state index in [-0.39, 0.29) is 22.7 Å². The first-order chi connectivity index (χ1) is 12.3. The van der Waals surface area contributed by atoms with Crippen LogP contribution in [0.3, 0.4) is 0 Å². The molecule has 3 unspecified atom stereocenters. The van der Waals surface area contributed by atoms with E-state index in [4.69, 9.17) is 0 Å². The average molecular weight is 376 g/mol. The van der Waals surface area contributed by atoms with Crippen molar-refractivity contribution in [2.45, 2.75) is 61.7 Å². The molecule has 1 amide bonds. The summed E-state index contributed by atoms with van der Waals surface area (Å²) >= 11 is 0. The molecule has 8 heteroatoms. The molecule has 4 rings (SSSR count). The number of amidine groups is 1. The molecule has 3 atom stereocenters. The summed E-state index contributed by atoms with van der Waals surface area (Å²) in [6.45, 7) is 1.72. The summed E-state index contributed by atoms with van der Waals surface area (Å²) in [5.41, 5.74) is 0.523. The molecule has 0 saturated carbocycles. The zero-order chi connectivity index (χ0) is 18.5. The predicted octanol–water partition coefficient (Wildman–Crippen LogP) is 0.855. The van der Waals surface area contributed by atoms with Gasteiger partial charge in [-0.15, -0.1) is 0 Å². The number of piperidine rings is 1. The highest BCUT2D eigenvalue weighted by Crippen LogP contribution is 2.30. The smallest absolute Gasteiger partial charge is 0.263 e. The fraction of sp³-hybridized carbons (Fsp3) is 0.556. The Balaban J connectivity index is 1.52. The number of benzene rings is 1. The van der Waals surface area contributed by atoms with Crippen LogP contribution in [-0.2, 0) is 14.8 Å². The average Bonchev–Trinajstić information content (AvgIpc) is 3.09. The van der Waals surface area contributed by atoms with E-state index in [1.807, 2.05) is 7.05 Å². The van der Waals surface area contributed by atoms with Gasteiger partial charge < -0.3 is 10.2 Å². The van der Waals surface area contributed by atoms with Crippen molar-refractivity contribution in [2.75, 3.05) is 7.05 Å². The fourth-order valence-corrected chi connectivity index (χ4v) is 5.54. The van der Waals surface area contributed by atoms with Gasteiger partial charge >= 0.3 is 0 Å². The van der Waals surface area contributed by atoms with Gasteiger partial charge in [0, 0.05) is 30.7 Å². The molecule has 3 aliphatic heterocycles. The van der Waals surface area contributed by atoms with Crippen molar-refractivity contribution >= 4 is 21.8 Å². The number of nitrogens with zero attached hydrogens (tertiary/aromatic N) is 2. The van der Waals surface area contributed by atoms with E-state index in [0.717, 1.165) is 12.8 Å². The lowest BCUT2D eigenvalue weighted by Gasteiger charge is -2.36. The minimum absolute atomic E-state index is 0.0765. The maximum absolute atomic E-state index is 12.9. The van der Waals surface area contributed by atoms with Crippen LogP contribution in [-0.4, -0.2) is 56.3 Å². The Morgan fingerprint density at radius 3 is 2.58 bits per heavy atom. The van der Waals surface area contributed by atoms with Crippen LogP contribution < -0.4 is 10.0 Å². The summed E-state index contributed by atoms with van der Waals surface area (Å²) in [7, 11) is -1.75. The van der Waals surface area contributed by atoms with E-state index in [1.165, 1.54) is 12.8 Å². The number of aliphatic imine (C=N–C) groups is 1. The van der Waals surface area contributed by atoms with Crippen LogP contribution in [0.5, 0.6) is 0 Å². The maximum atomic E-state index is 12.9. The summed E-state index contributed by atoms with van der Waals surface area (Å²) < 4.78 is 26.8. The van der Waals surface area contributed by atoms with Crippen LogP contribution in [0.1, 0.15) is 38.2 Å². The van der Waals surface area contributed by atoms with Gasteiger partial charge in [-0.1, -0.05) is 12.1 Å². The van der Waals surface area contributed by atoms with Crippen LogP contribution in [0, 0.1) is 0 Å². The summed E-state index contributed by atoms with van der Waals surface area (Å²) in [6, 6.07) is 7.27. The van der Waals surface area contributed by atoms with Crippen molar-refractivity contribution in [3.05, 3.63) is 29.8 Å². The summed E-state index contributed by atoms with van der Waals surface area (Å²) in [5, 5.41) is 3.58. The number of fused-ring (bicyclic) bond motifs is 3. The van der Waals surface area contributed by atoms with Crippen molar-refractivity contribution in [2.24, 2.45) is 4.99 Å². The Kier molecular flexibility index (Phi) is 4.27. The highest BCUT2D eigenvalue weighted by Gasteiger charge is 2.37. The minimum atomic E-state index is -3.59. The number of rotatable bonds is 3. The van der Waals surface area contributed by atoms with Gasteiger partial charge in [0.2, 0.25) is 5.91 Å². The summed E-state index contributed by atoms with van der Waals surface area (Å²) in [6.07, 6.45) is 4.30. The number of nitrogens with one attached hydrogen (secondary N) is 2. The molecule has 3 aliphatic rings. The van der Waals surface area contributed by atoms with Gasteiger partial charge in [0.15, 0.2) is 0 Å². The van der Waals surface area contributed by atoms with Crippen molar-refractivity contribution in [1.29, 1.82) is 0 Å². The SMILES string of the molecule is CC(N=C1NS(=O)(=O)c2ccccc21)C(=O)N(C)C1CC2CCC(C1)N2. The fourth-order valence-electron chi connectivity index (χ4n) is 4.30. The molecule has 2 saturated heterocycles. The monoisotopic (exact) mass is 376 g/mol. The minimum Gasteiger partial charge on any atom is -0.341 e. The zero-order valence-electron chi connectivity index (χ0n) is 15.0. The van der Waals surface area contributed by atoms with E-state index in [2.05, 4.69) is 15.0 Å². The first-order valence-electron chi connectivity index (χ1n) is 9.08. The van der Waals surface area contributed by atoms with Crippen molar-refractivity contribution in [3.63, 3.8) is 0 Å². The van der Waals surface area contributed by atoms with E-state index >= 15 is 0 Å². The van der Waals surface area contributed by atoms with Gasteiger partial charge in [0.05, 0.1) is 4.90 Å². The molecule has 0 radical (unpaired) electrons. The van der Waals surface area contributed by atoms with E-state index < -0.39 is 16.1 Å². The Morgan fingerprint density at radius 2 is 1.88 bits per heavy atom. The number of amides is 1. The lowest BCUT2D eigenvalue weighted by molar-refractivity contribution is -0.133. The zero-order valence-corrected chi connectivity index (χ0v) is 15.8. The Morgan fingerprint density at radius 1 is 1.23 bits per heavy atom. The Labute approximate surface area is 153 Å². The maximum Gasteiger partial charge on any atom is 0.263 e. The molecule has 3 heterocycles. The van der Waals surface area contributed by atoms with Crippen molar-refractivity contribution in [3.8, 4) is 0 Å². The number of carbonyl (C=O) groups is 1. The molecule has 2 fully saturated rings. The molecular weight excluding hydrogens is 352 g/mol. The summed E-state index contributed by atoms with van der Waals surface area (Å²) in [4.78, 5) is 19.3. The molecule has 2 bridgehead atoms. The molecule has 140 valence electrons. The highest BCUT2D eigenvalue weighted by molar-refractivity contribution is 7.90. The molecule has 1 aromatic rings. The number of hydrogen-bond acceptors (Lipinski definition) is 5. The molecule has 0 aliphatic carbocycles. The first-order valence-corrected chi connectivity index (χ1v) is 10.6. The molecule has 0 aromatic heterocycles. The molecule has 0 spiro atoms. The first kappa shape index (κ1) is 17.5. The Hall–Kier alpha value is -1.93. The molecule has 7 nitrogen and oxygen atoms in total. The van der Waals surface area contributed by atoms with Crippen LogP contribution in [0.25, 0.3) is 0 Å². The normalized spacial score (nSPS) is 31.3. The quantitative estimate of drug-likeness (QED) is 0.818. The molecule has 26 heavy (non-hydrogen) atoms. The second-order valence-electron chi connectivity index (χ2n) is 7.47. The van der Waals surface area contributed by atoms with Crippen molar-refractivity contribution < 1.29 is 13.2 Å². The van der Waals surface area contributed by atoms with Crippen molar-refractivity contribution in [1.82, 2.24) is 14.9 Å². The largest absolute Gasteiger partial charge is 0.341 e. The second kappa shape index (κ2) is 6.35. The van der Waals surface area contributed by atoms with Gasteiger partial charge in [-0.25, -0.2) is 8.42 Å². The third-order valence-electron chi connectivity index (χ3n) is 5.69. The molecule has 2 N–H and O–H groups in total. The number of likely N-dealkylation sites (N-methyl/N-ethyl adjacent to an activating group) is 1. The number of sulfonamides is 1. The van der Waals surface area contributed by atoms with Gasteiger partial charge in [0.1, 0.15) is 11.9 Å². The van der Waals surface area contributed by atoms with E-state index in [9.17, 15) is 13.2 Å². The standard InChI is InChI=1S/C18H24N4O3S/c1-11(18(23)22(2)14-9-12-7-8-13(10-14)20-12)19-17-15-5-3-4-6-16(15)26(24,25)21-17/h3-6,11-14,20H,7-10H2,1-2H3,(H,19,21). The van der Waals surface area contributed by atoms with Crippen LogP contribution >= 0.6 is 0 Å². The van der Waals surface area contributed by atoms with Crippen LogP contribution in [0.2, 0.25) is 0 Å². The highest BCUT2D eigenvalue weighted by atomic mass is 32.2. The van der Waals surface area contributed by atoms with Crippen LogP contribution in [0.4, 0.5) is 0 Å². The second-order valence-corrected chi connectivity index (χ2v) is 9.12. The van der Waals surface area contributed by atoms with E-state index in [1.54, 1.807) is 36.1 Å². The summed E-state index contributed by atoms with van der Waals surface area (Å²) in [5.74, 6) is 0.174. The molecular formula is C18H24N4O3S. The lowest BCUT2D eigenvalue weighted by atomic mass is 9.98.